The highest BCUT2D eigenvalue weighted by Gasteiger charge is 2.16. The maximum absolute atomic E-state index is 6.03. The molecule has 5 rings (SSSR count). The van der Waals surface area contributed by atoms with Crippen LogP contribution in [0.1, 0.15) is 0 Å². The van der Waals surface area contributed by atoms with Crippen molar-refractivity contribution in [2.75, 3.05) is 31.9 Å². The lowest BCUT2D eigenvalue weighted by molar-refractivity contribution is 0.398. The molecule has 0 aliphatic carbocycles. The summed E-state index contributed by atoms with van der Waals surface area (Å²) in [5, 5.41) is 8.04. The molecule has 9 heteroatoms. The van der Waals surface area contributed by atoms with E-state index in [0.717, 1.165) is 16.3 Å². The van der Waals surface area contributed by atoms with Gasteiger partial charge in [0, 0.05) is 42.3 Å². The zero-order valence-corrected chi connectivity index (χ0v) is 17.7. The first-order chi connectivity index (χ1) is 15.7. The number of fused-ring (bicyclic) bond motifs is 2. The summed E-state index contributed by atoms with van der Waals surface area (Å²) in [6.45, 7) is 0. The van der Waals surface area contributed by atoms with Gasteiger partial charge in [0.2, 0.25) is 11.8 Å². The van der Waals surface area contributed by atoms with Gasteiger partial charge in [-0.25, -0.2) is 15.0 Å². The predicted octanol–water partition coefficient (Wildman–Crippen LogP) is 4.64. The fourth-order valence-corrected chi connectivity index (χ4v) is 3.45. The molecule has 0 spiro atoms. The number of benzene rings is 1. The van der Waals surface area contributed by atoms with Crippen molar-refractivity contribution in [3.05, 3.63) is 54.9 Å². The van der Waals surface area contributed by atoms with Gasteiger partial charge in [-0.05, 0) is 24.3 Å². The van der Waals surface area contributed by atoms with E-state index in [0.29, 0.717) is 46.1 Å². The van der Waals surface area contributed by atoms with Gasteiger partial charge in [0.25, 0.3) is 0 Å². The molecule has 0 aliphatic heterocycles. The van der Waals surface area contributed by atoms with Crippen LogP contribution in [0, 0.1) is 0 Å². The Labute approximate surface area is 183 Å². The number of nitrogens with one attached hydrogen (secondary N) is 2. The minimum absolute atomic E-state index is 0.463. The lowest BCUT2D eigenvalue weighted by Crippen LogP contribution is -2.00. The normalized spacial score (nSPS) is 11.0. The summed E-state index contributed by atoms with van der Waals surface area (Å²) in [5.74, 6) is 3.64. The first kappa shape index (κ1) is 19.6. The average molecular weight is 428 g/mol. The highest BCUT2D eigenvalue weighted by molar-refractivity contribution is 6.01. The van der Waals surface area contributed by atoms with Crippen molar-refractivity contribution < 1.29 is 13.9 Å². The third kappa shape index (κ3) is 3.49. The number of rotatable bonds is 6. The van der Waals surface area contributed by atoms with Gasteiger partial charge >= 0.3 is 0 Å². The summed E-state index contributed by atoms with van der Waals surface area (Å²) in [6, 6.07) is 12.9. The van der Waals surface area contributed by atoms with Gasteiger partial charge in [-0.15, -0.1) is 0 Å². The molecule has 0 fully saturated rings. The molecule has 1 aromatic carbocycles. The average Bonchev–Trinajstić information content (AvgIpc) is 3.26. The fraction of sp³-hybridized carbons (Fsp3) is 0.130. The second kappa shape index (κ2) is 8.03. The van der Waals surface area contributed by atoms with Crippen LogP contribution in [0.2, 0.25) is 0 Å². The molecule has 0 aliphatic rings. The SMILES string of the molecule is CNc1ncc(-c2nc3cc(OC)ccc3o2)c2cc(Nc3cccc(OC)n3)ncc12. The smallest absolute Gasteiger partial charge is 0.229 e. The fourth-order valence-electron chi connectivity index (χ4n) is 3.45. The van der Waals surface area contributed by atoms with Crippen molar-refractivity contribution in [2.24, 2.45) is 0 Å². The third-order valence-corrected chi connectivity index (χ3v) is 5.02. The van der Waals surface area contributed by atoms with Gasteiger partial charge in [-0.3, -0.25) is 0 Å². The molecule has 32 heavy (non-hydrogen) atoms. The van der Waals surface area contributed by atoms with Crippen molar-refractivity contribution >= 4 is 39.3 Å². The van der Waals surface area contributed by atoms with E-state index in [4.69, 9.17) is 13.9 Å². The number of nitrogens with zero attached hydrogens (tertiary/aromatic N) is 4. The largest absolute Gasteiger partial charge is 0.497 e. The van der Waals surface area contributed by atoms with Crippen LogP contribution in [0.25, 0.3) is 33.3 Å². The zero-order chi connectivity index (χ0) is 22.1. The minimum atomic E-state index is 0.463. The number of ether oxygens (including phenoxy) is 2. The molecule has 2 N–H and O–H groups in total. The molecular weight excluding hydrogens is 408 g/mol. The Morgan fingerprint density at radius 2 is 1.78 bits per heavy atom. The second-order valence-corrected chi connectivity index (χ2v) is 6.93. The summed E-state index contributed by atoms with van der Waals surface area (Å²) in [7, 11) is 5.02. The van der Waals surface area contributed by atoms with Crippen molar-refractivity contribution in [3.63, 3.8) is 0 Å². The number of hydrogen-bond acceptors (Lipinski definition) is 9. The van der Waals surface area contributed by atoms with E-state index < -0.39 is 0 Å². The van der Waals surface area contributed by atoms with Gasteiger partial charge < -0.3 is 24.5 Å². The van der Waals surface area contributed by atoms with Gasteiger partial charge in [0.15, 0.2) is 5.58 Å². The van der Waals surface area contributed by atoms with Crippen LogP contribution in [0.5, 0.6) is 11.6 Å². The summed E-state index contributed by atoms with van der Waals surface area (Å²) < 4.78 is 16.5. The number of aromatic nitrogens is 4. The molecule has 0 saturated carbocycles. The number of pyridine rings is 3. The van der Waals surface area contributed by atoms with Crippen LogP contribution in [-0.2, 0) is 0 Å². The van der Waals surface area contributed by atoms with E-state index in [2.05, 4.69) is 30.6 Å². The maximum atomic E-state index is 6.03. The summed E-state index contributed by atoms with van der Waals surface area (Å²) in [5.41, 5.74) is 2.12. The Hall–Kier alpha value is -4.40. The molecular formula is C23H20N6O3. The Morgan fingerprint density at radius 3 is 2.59 bits per heavy atom. The Morgan fingerprint density at radius 1 is 0.875 bits per heavy atom. The van der Waals surface area contributed by atoms with Crippen LogP contribution in [0.3, 0.4) is 0 Å². The Balaban J connectivity index is 1.63. The Kier molecular flexibility index (Phi) is 4.91. The van der Waals surface area contributed by atoms with Crippen molar-refractivity contribution in [2.45, 2.75) is 0 Å². The van der Waals surface area contributed by atoms with Crippen LogP contribution < -0.4 is 20.1 Å². The van der Waals surface area contributed by atoms with Crippen molar-refractivity contribution in [3.8, 4) is 23.1 Å². The minimum Gasteiger partial charge on any atom is -0.497 e. The topological polar surface area (TPSA) is 107 Å². The first-order valence-corrected chi connectivity index (χ1v) is 9.88. The molecule has 0 unspecified atom stereocenters. The molecule has 0 saturated heterocycles. The summed E-state index contributed by atoms with van der Waals surface area (Å²) >= 11 is 0. The Bertz CT molecular complexity index is 1430. The van der Waals surface area contributed by atoms with Crippen molar-refractivity contribution in [1.29, 1.82) is 0 Å². The zero-order valence-electron chi connectivity index (χ0n) is 17.7. The van der Waals surface area contributed by atoms with E-state index >= 15 is 0 Å². The molecule has 0 radical (unpaired) electrons. The molecule has 0 bridgehead atoms. The number of methoxy groups -OCH3 is 2. The summed E-state index contributed by atoms with van der Waals surface area (Å²) in [6.07, 6.45) is 3.50. The van der Waals surface area contributed by atoms with Crippen LogP contribution >= 0.6 is 0 Å². The highest BCUT2D eigenvalue weighted by Crippen LogP contribution is 2.34. The standard InChI is InChI=1S/C23H20N6O3/c1-24-22-15-11-25-20(28-19-5-4-6-21(29-19)31-3)10-14(15)16(12-26-22)23-27-17-9-13(30-2)7-8-18(17)32-23/h4-12H,1-3H3,(H,24,26)(H,25,28,29). The van der Waals surface area contributed by atoms with E-state index in [9.17, 15) is 0 Å². The van der Waals surface area contributed by atoms with E-state index in [1.807, 2.05) is 43.4 Å². The van der Waals surface area contributed by atoms with Crippen LogP contribution in [-0.4, -0.2) is 41.2 Å². The second-order valence-electron chi connectivity index (χ2n) is 6.93. The quantitative estimate of drug-likeness (QED) is 0.400. The molecule has 4 aromatic heterocycles. The highest BCUT2D eigenvalue weighted by atomic mass is 16.5. The van der Waals surface area contributed by atoms with Crippen LogP contribution in [0.4, 0.5) is 17.5 Å². The molecule has 160 valence electrons. The van der Waals surface area contributed by atoms with E-state index in [-0.39, 0.29) is 0 Å². The predicted molar refractivity (Wildman–Crippen MR) is 123 cm³/mol. The first-order valence-electron chi connectivity index (χ1n) is 9.88. The lowest BCUT2D eigenvalue weighted by atomic mass is 10.1. The lowest BCUT2D eigenvalue weighted by Gasteiger charge is -2.11. The van der Waals surface area contributed by atoms with Gasteiger partial charge in [0.05, 0.1) is 19.8 Å². The maximum Gasteiger partial charge on any atom is 0.229 e. The monoisotopic (exact) mass is 428 g/mol. The number of hydrogen-bond donors (Lipinski definition) is 2. The summed E-state index contributed by atoms with van der Waals surface area (Å²) in [4.78, 5) is 18.1. The van der Waals surface area contributed by atoms with Gasteiger partial charge in [-0.2, -0.15) is 4.98 Å². The van der Waals surface area contributed by atoms with Crippen molar-refractivity contribution in [1.82, 2.24) is 19.9 Å². The third-order valence-electron chi connectivity index (χ3n) is 5.02. The number of anilines is 3. The molecule has 0 amide bonds. The molecule has 9 nitrogen and oxygen atoms in total. The van der Waals surface area contributed by atoms with Gasteiger partial charge in [0.1, 0.15) is 28.7 Å². The van der Waals surface area contributed by atoms with Gasteiger partial charge in [-0.1, -0.05) is 6.07 Å². The molecule has 0 atom stereocenters. The molecule has 4 heterocycles. The number of oxazole rings is 1. The molecule has 5 aromatic rings. The van der Waals surface area contributed by atoms with Crippen LogP contribution in [0.15, 0.2) is 59.3 Å². The van der Waals surface area contributed by atoms with E-state index in [1.165, 1.54) is 0 Å². The van der Waals surface area contributed by atoms with E-state index in [1.54, 1.807) is 32.7 Å².